The van der Waals surface area contributed by atoms with Crippen LogP contribution in [-0.4, -0.2) is 29.8 Å². The lowest BCUT2D eigenvalue weighted by Crippen LogP contribution is -2.27. The third-order valence-electron chi connectivity index (χ3n) is 4.36. The van der Waals surface area contributed by atoms with Crippen LogP contribution < -0.4 is 0 Å². The monoisotopic (exact) mass is 299 g/mol. The minimum atomic E-state index is 0.242. The lowest BCUT2D eigenvalue weighted by atomic mass is 10.1. The van der Waals surface area contributed by atoms with Crippen LogP contribution in [0.15, 0.2) is 0 Å². The molecule has 0 unspecified atom stereocenters. The van der Waals surface area contributed by atoms with E-state index in [1.165, 1.54) is 89.9 Å². The van der Waals surface area contributed by atoms with Crippen molar-refractivity contribution < 1.29 is 5.11 Å². The first kappa shape index (κ1) is 20.9. The number of hydrogen-bond donors (Lipinski definition) is 1. The molecule has 0 heterocycles. The third-order valence-corrected chi connectivity index (χ3v) is 4.36. The highest BCUT2D eigenvalue weighted by molar-refractivity contribution is 4.55. The molecule has 0 aromatic heterocycles. The van der Waals surface area contributed by atoms with E-state index in [0.29, 0.717) is 0 Å². The Bertz CT molecular complexity index is 166. The van der Waals surface area contributed by atoms with Gasteiger partial charge in [-0.1, -0.05) is 90.9 Å². The molecule has 2 nitrogen and oxygen atoms in total. The van der Waals surface area contributed by atoms with Crippen molar-refractivity contribution in [3.63, 3.8) is 0 Å². The van der Waals surface area contributed by atoms with Crippen molar-refractivity contribution in [1.82, 2.24) is 4.90 Å². The molecule has 0 atom stereocenters. The van der Waals surface area contributed by atoms with Gasteiger partial charge in [0.15, 0.2) is 0 Å². The van der Waals surface area contributed by atoms with Crippen molar-refractivity contribution in [3.8, 4) is 0 Å². The average Bonchev–Trinajstić information content (AvgIpc) is 2.51. The van der Waals surface area contributed by atoms with Gasteiger partial charge in [-0.2, -0.15) is 0 Å². The topological polar surface area (TPSA) is 23.5 Å². The lowest BCUT2D eigenvalue weighted by molar-refractivity contribution is 0.103. The summed E-state index contributed by atoms with van der Waals surface area (Å²) >= 11 is 0. The molecule has 0 spiro atoms. The smallest absolute Gasteiger partial charge is 0.0956 e. The van der Waals surface area contributed by atoms with Crippen molar-refractivity contribution in [2.75, 3.05) is 19.8 Å². The van der Waals surface area contributed by atoms with Crippen LogP contribution in [0.4, 0.5) is 0 Å². The molecule has 2 heteroatoms. The standard InChI is InChI=1S/C19H41NO/c1-3-5-7-9-11-13-15-17-20(19-21)18-16-14-12-10-8-6-4-2/h21H,3-19H2,1-2H3. The summed E-state index contributed by atoms with van der Waals surface area (Å²) in [4.78, 5) is 2.22. The molecule has 0 aliphatic carbocycles. The highest BCUT2D eigenvalue weighted by atomic mass is 16.3. The maximum Gasteiger partial charge on any atom is 0.0956 e. The Labute approximate surface area is 134 Å². The molecule has 0 rings (SSSR count). The number of nitrogens with zero attached hydrogens (tertiary/aromatic N) is 1. The van der Waals surface area contributed by atoms with Gasteiger partial charge in [0.25, 0.3) is 0 Å². The van der Waals surface area contributed by atoms with Crippen molar-refractivity contribution in [3.05, 3.63) is 0 Å². The number of aliphatic hydroxyl groups excluding tert-OH is 1. The van der Waals surface area contributed by atoms with E-state index in [1.54, 1.807) is 0 Å². The predicted octanol–water partition coefficient (Wildman–Crippen LogP) is 5.74. The van der Waals surface area contributed by atoms with E-state index < -0.39 is 0 Å². The largest absolute Gasteiger partial charge is 0.381 e. The molecule has 21 heavy (non-hydrogen) atoms. The Morgan fingerprint density at radius 3 is 1.19 bits per heavy atom. The van der Waals surface area contributed by atoms with Crippen molar-refractivity contribution in [2.24, 2.45) is 0 Å². The molecule has 0 aliphatic heterocycles. The van der Waals surface area contributed by atoms with Gasteiger partial charge in [0.2, 0.25) is 0 Å². The SMILES string of the molecule is CCCCCCCCCN(CO)CCCCCCCCC. The van der Waals surface area contributed by atoms with Gasteiger partial charge < -0.3 is 5.11 Å². The zero-order valence-corrected chi connectivity index (χ0v) is 14.9. The van der Waals surface area contributed by atoms with Gasteiger partial charge in [-0.25, -0.2) is 0 Å². The molecule has 0 aromatic rings. The summed E-state index contributed by atoms with van der Waals surface area (Å²) in [5.41, 5.74) is 0. The first-order chi connectivity index (χ1) is 10.3. The van der Waals surface area contributed by atoms with E-state index in [2.05, 4.69) is 18.7 Å². The first-order valence-electron chi connectivity index (χ1n) is 9.68. The van der Waals surface area contributed by atoms with Crippen LogP contribution in [0.5, 0.6) is 0 Å². The van der Waals surface area contributed by atoms with E-state index >= 15 is 0 Å². The molecule has 0 aromatic carbocycles. The van der Waals surface area contributed by atoms with Gasteiger partial charge in [-0.05, 0) is 12.8 Å². The fraction of sp³-hybridized carbons (Fsp3) is 1.00. The summed E-state index contributed by atoms with van der Waals surface area (Å²) < 4.78 is 0. The quantitative estimate of drug-likeness (QED) is 0.273. The minimum absolute atomic E-state index is 0.242. The fourth-order valence-electron chi connectivity index (χ4n) is 2.84. The van der Waals surface area contributed by atoms with Crippen LogP contribution in [0.2, 0.25) is 0 Å². The summed E-state index contributed by atoms with van der Waals surface area (Å²) in [6, 6.07) is 0. The highest BCUT2D eigenvalue weighted by Gasteiger charge is 2.02. The summed E-state index contributed by atoms with van der Waals surface area (Å²) in [5.74, 6) is 0. The van der Waals surface area contributed by atoms with E-state index in [0.717, 1.165) is 13.1 Å². The van der Waals surface area contributed by atoms with Crippen molar-refractivity contribution >= 4 is 0 Å². The van der Waals surface area contributed by atoms with Gasteiger partial charge in [-0.3, -0.25) is 4.90 Å². The summed E-state index contributed by atoms with van der Waals surface area (Å²) in [5, 5.41) is 9.40. The fourth-order valence-corrected chi connectivity index (χ4v) is 2.84. The van der Waals surface area contributed by atoms with Gasteiger partial charge in [-0.15, -0.1) is 0 Å². The van der Waals surface area contributed by atoms with E-state index in [1.807, 2.05) is 0 Å². The van der Waals surface area contributed by atoms with Crippen LogP contribution in [0.25, 0.3) is 0 Å². The van der Waals surface area contributed by atoms with Gasteiger partial charge in [0.05, 0.1) is 6.73 Å². The normalized spacial score (nSPS) is 11.4. The van der Waals surface area contributed by atoms with Crippen LogP contribution in [-0.2, 0) is 0 Å². The molecule has 0 radical (unpaired) electrons. The molecule has 1 N–H and O–H groups in total. The Kier molecular flexibility index (Phi) is 17.9. The predicted molar refractivity (Wildman–Crippen MR) is 94.6 cm³/mol. The number of unbranched alkanes of at least 4 members (excludes halogenated alkanes) is 12. The number of rotatable bonds is 17. The van der Waals surface area contributed by atoms with Gasteiger partial charge >= 0.3 is 0 Å². The number of aliphatic hydroxyl groups is 1. The van der Waals surface area contributed by atoms with Crippen LogP contribution >= 0.6 is 0 Å². The molecule has 128 valence electrons. The molecular weight excluding hydrogens is 258 g/mol. The molecule has 0 saturated carbocycles. The Morgan fingerprint density at radius 2 is 0.857 bits per heavy atom. The van der Waals surface area contributed by atoms with E-state index in [-0.39, 0.29) is 6.73 Å². The van der Waals surface area contributed by atoms with Crippen molar-refractivity contribution in [2.45, 2.75) is 104 Å². The zero-order valence-electron chi connectivity index (χ0n) is 14.9. The van der Waals surface area contributed by atoms with Gasteiger partial charge in [0.1, 0.15) is 0 Å². The van der Waals surface area contributed by atoms with Crippen molar-refractivity contribution in [1.29, 1.82) is 0 Å². The average molecular weight is 300 g/mol. The van der Waals surface area contributed by atoms with E-state index in [9.17, 15) is 5.11 Å². The Balaban J connectivity index is 3.29. The zero-order chi connectivity index (χ0) is 15.6. The van der Waals surface area contributed by atoms with Gasteiger partial charge in [0, 0.05) is 13.1 Å². The molecular formula is C19H41NO. The summed E-state index contributed by atoms with van der Waals surface area (Å²) in [7, 11) is 0. The molecule has 0 bridgehead atoms. The first-order valence-corrected chi connectivity index (χ1v) is 9.68. The summed E-state index contributed by atoms with van der Waals surface area (Å²) in [6.07, 6.45) is 18.9. The Hall–Kier alpha value is -0.0800. The molecule has 0 aliphatic rings. The van der Waals surface area contributed by atoms with Crippen LogP contribution in [0.1, 0.15) is 104 Å². The lowest BCUT2D eigenvalue weighted by Gasteiger charge is -2.19. The summed E-state index contributed by atoms with van der Waals surface area (Å²) in [6.45, 7) is 6.94. The maximum absolute atomic E-state index is 9.40. The Morgan fingerprint density at radius 1 is 0.524 bits per heavy atom. The third kappa shape index (κ3) is 16.1. The maximum atomic E-state index is 9.40. The second-order valence-corrected chi connectivity index (χ2v) is 6.50. The second kappa shape index (κ2) is 18.0. The van der Waals surface area contributed by atoms with E-state index in [4.69, 9.17) is 0 Å². The number of hydrogen-bond acceptors (Lipinski definition) is 2. The molecule has 0 fully saturated rings. The van der Waals surface area contributed by atoms with Crippen LogP contribution in [0, 0.1) is 0 Å². The molecule has 0 saturated heterocycles. The molecule has 0 amide bonds. The highest BCUT2D eigenvalue weighted by Crippen LogP contribution is 2.09. The van der Waals surface area contributed by atoms with Crippen LogP contribution in [0.3, 0.4) is 0 Å². The second-order valence-electron chi connectivity index (χ2n) is 6.50. The minimum Gasteiger partial charge on any atom is -0.381 e.